The number of aromatic amines is 2. The third-order valence-corrected chi connectivity index (χ3v) is 8.04. The Balaban J connectivity index is 1.55. The Bertz CT molecular complexity index is 1560. The second-order valence-electron chi connectivity index (χ2n) is 9.53. The molecule has 2 N–H and O–H groups in total. The number of rotatable bonds is 4. The van der Waals surface area contributed by atoms with Crippen LogP contribution in [0, 0.1) is 13.8 Å². The molecular formula is C28H32N8S. The lowest BCUT2D eigenvalue weighted by Gasteiger charge is -2.15. The molecule has 0 spiro atoms. The fourth-order valence-corrected chi connectivity index (χ4v) is 5.94. The van der Waals surface area contributed by atoms with E-state index in [2.05, 4.69) is 70.2 Å². The fraction of sp³-hybridized carbons (Fsp3) is 0.286. The molecule has 3 aromatic heterocycles. The van der Waals surface area contributed by atoms with Gasteiger partial charge in [-0.3, -0.25) is 9.98 Å². The summed E-state index contributed by atoms with van der Waals surface area (Å²) in [6, 6.07) is 12.5. The van der Waals surface area contributed by atoms with Gasteiger partial charge in [0.1, 0.15) is 23.3 Å². The number of imidazole rings is 2. The zero-order valence-electron chi connectivity index (χ0n) is 22.6. The summed E-state index contributed by atoms with van der Waals surface area (Å²) in [5, 5.41) is 0. The third kappa shape index (κ3) is 4.29. The van der Waals surface area contributed by atoms with E-state index in [1.54, 1.807) is 11.3 Å². The number of H-pyrrole nitrogens is 2. The van der Waals surface area contributed by atoms with Gasteiger partial charge >= 0.3 is 0 Å². The van der Waals surface area contributed by atoms with Gasteiger partial charge in [-0.1, -0.05) is 0 Å². The number of amidine groups is 2. The molecule has 0 aliphatic heterocycles. The molecule has 5 aromatic rings. The monoisotopic (exact) mass is 512 g/mol. The lowest BCUT2D eigenvalue weighted by Crippen LogP contribution is -2.22. The van der Waals surface area contributed by atoms with Crippen molar-refractivity contribution in [1.82, 2.24) is 29.7 Å². The normalized spacial score (nSPS) is 12.6. The molecule has 0 bridgehead atoms. The van der Waals surface area contributed by atoms with E-state index in [1.807, 2.05) is 52.1 Å². The molecule has 5 rings (SSSR count). The van der Waals surface area contributed by atoms with Gasteiger partial charge in [0.05, 0.1) is 31.8 Å². The number of aliphatic imine (C=N–C) groups is 2. The Morgan fingerprint density at radius 1 is 0.703 bits per heavy atom. The minimum absolute atomic E-state index is 0.872. The van der Waals surface area contributed by atoms with Crippen molar-refractivity contribution in [2.45, 2.75) is 13.8 Å². The summed E-state index contributed by atoms with van der Waals surface area (Å²) < 4.78 is 0. The smallest absolute Gasteiger partial charge is 0.148 e. The van der Waals surface area contributed by atoms with Crippen LogP contribution in [0.1, 0.15) is 22.3 Å². The highest BCUT2D eigenvalue weighted by molar-refractivity contribution is 7.19. The molecule has 190 valence electrons. The quantitative estimate of drug-likeness (QED) is 0.252. The number of fused-ring (bicyclic) bond motifs is 2. The summed E-state index contributed by atoms with van der Waals surface area (Å²) in [5.74, 6) is 3.60. The van der Waals surface area contributed by atoms with E-state index >= 15 is 0 Å². The maximum atomic E-state index is 4.92. The minimum atomic E-state index is 0.872. The Morgan fingerprint density at radius 2 is 1.11 bits per heavy atom. The Labute approximate surface area is 220 Å². The van der Waals surface area contributed by atoms with Crippen LogP contribution in [-0.2, 0) is 0 Å². The van der Waals surface area contributed by atoms with Crippen molar-refractivity contribution in [2.24, 2.45) is 9.98 Å². The molecule has 0 amide bonds. The van der Waals surface area contributed by atoms with Crippen molar-refractivity contribution in [1.29, 1.82) is 0 Å². The molecule has 0 atom stereocenters. The Hall–Kier alpha value is -3.98. The van der Waals surface area contributed by atoms with E-state index in [1.165, 1.54) is 11.1 Å². The van der Waals surface area contributed by atoms with Crippen LogP contribution in [0.15, 0.2) is 46.4 Å². The van der Waals surface area contributed by atoms with E-state index < -0.39 is 0 Å². The number of benzene rings is 2. The van der Waals surface area contributed by atoms with Gasteiger partial charge in [-0.15, -0.1) is 11.3 Å². The number of nitrogens with zero attached hydrogens (tertiary/aromatic N) is 6. The van der Waals surface area contributed by atoms with Gasteiger partial charge in [-0.2, -0.15) is 0 Å². The van der Waals surface area contributed by atoms with Crippen LogP contribution >= 0.6 is 11.3 Å². The van der Waals surface area contributed by atoms with Crippen LogP contribution in [0.4, 0.5) is 0 Å². The highest BCUT2D eigenvalue weighted by Gasteiger charge is 2.20. The molecule has 0 aliphatic carbocycles. The van der Waals surface area contributed by atoms with Crippen molar-refractivity contribution in [3.8, 4) is 21.4 Å². The van der Waals surface area contributed by atoms with Crippen molar-refractivity contribution >= 4 is 45.1 Å². The lowest BCUT2D eigenvalue weighted by molar-refractivity contribution is 0.622. The zero-order chi connectivity index (χ0) is 26.4. The van der Waals surface area contributed by atoms with Crippen molar-refractivity contribution in [2.75, 3.05) is 42.3 Å². The van der Waals surface area contributed by atoms with E-state index in [-0.39, 0.29) is 0 Å². The van der Waals surface area contributed by atoms with E-state index in [0.717, 1.165) is 66.3 Å². The fourth-order valence-electron chi connectivity index (χ4n) is 4.73. The van der Waals surface area contributed by atoms with E-state index in [9.17, 15) is 0 Å². The number of thiophene rings is 1. The van der Waals surface area contributed by atoms with Gasteiger partial charge in [0.25, 0.3) is 0 Å². The first kappa shape index (κ1) is 24.7. The van der Waals surface area contributed by atoms with Gasteiger partial charge < -0.3 is 19.8 Å². The molecule has 3 heterocycles. The molecule has 8 nitrogen and oxygen atoms in total. The zero-order valence-corrected chi connectivity index (χ0v) is 23.4. The second-order valence-corrected chi connectivity index (χ2v) is 10.5. The lowest BCUT2D eigenvalue weighted by atomic mass is 10.1. The molecule has 2 aromatic carbocycles. The largest absolute Gasteiger partial charge is 0.363 e. The summed E-state index contributed by atoms with van der Waals surface area (Å²) >= 11 is 1.71. The van der Waals surface area contributed by atoms with Crippen molar-refractivity contribution in [3.05, 3.63) is 58.7 Å². The molecule has 0 saturated heterocycles. The first-order chi connectivity index (χ1) is 17.7. The van der Waals surface area contributed by atoms with Crippen LogP contribution in [-0.4, -0.2) is 83.7 Å². The molecule has 37 heavy (non-hydrogen) atoms. The average Bonchev–Trinajstić information content (AvgIpc) is 3.54. The molecule has 0 radical (unpaired) electrons. The number of nitrogens with one attached hydrogen (secondary N) is 2. The molecular weight excluding hydrogens is 480 g/mol. The van der Waals surface area contributed by atoms with Gasteiger partial charge in [-0.25, -0.2) is 9.97 Å². The van der Waals surface area contributed by atoms with E-state index in [4.69, 9.17) is 9.97 Å². The first-order valence-corrected chi connectivity index (χ1v) is 12.9. The van der Waals surface area contributed by atoms with Gasteiger partial charge in [0.2, 0.25) is 0 Å². The van der Waals surface area contributed by atoms with Crippen molar-refractivity contribution < 1.29 is 0 Å². The first-order valence-electron chi connectivity index (χ1n) is 12.1. The summed E-state index contributed by atoms with van der Waals surface area (Å²) in [4.78, 5) is 32.1. The predicted octanol–water partition coefficient (Wildman–Crippen LogP) is 5.33. The van der Waals surface area contributed by atoms with Crippen LogP contribution in [0.25, 0.3) is 43.5 Å². The molecule has 0 fully saturated rings. The topological polar surface area (TPSA) is 88.6 Å². The summed E-state index contributed by atoms with van der Waals surface area (Å²) in [7, 11) is 11.6. The van der Waals surface area contributed by atoms with E-state index in [0.29, 0.717) is 0 Å². The standard InChI is InChI=1S/C28H32N8S/c1-15-16(2)24(26-32-20-12-10-18(14-22(20)34-26)28(30-4)36(7)8)37-23(15)25-31-19-11-9-17(13-21(19)33-25)27(29-3)35(5)6/h9-14H,1-8H3,(H,31,33)(H,32,34). The Kier molecular flexibility index (Phi) is 6.33. The minimum Gasteiger partial charge on any atom is -0.363 e. The van der Waals surface area contributed by atoms with Crippen LogP contribution < -0.4 is 0 Å². The molecule has 9 heteroatoms. The summed E-state index contributed by atoms with van der Waals surface area (Å²) in [6.07, 6.45) is 0. The van der Waals surface area contributed by atoms with Gasteiger partial charge in [-0.05, 0) is 61.4 Å². The third-order valence-electron chi connectivity index (χ3n) is 6.63. The predicted molar refractivity (Wildman–Crippen MR) is 156 cm³/mol. The highest BCUT2D eigenvalue weighted by Crippen LogP contribution is 2.40. The maximum Gasteiger partial charge on any atom is 0.148 e. The summed E-state index contributed by atoms with van der Waals surface area (Å²) in [5.41, 5.74) is 8.39. The maximum absolute atomic E-state index is 4.92. The number of hydrogen-bond acceptors (Lipinski definition) is 5. The van der Waals surface area contributed by atoms with Crippen LogP contribution in [0.3, 0.4) is 0 Å². The molecule has 0 aliphatic rings. The number of hydrogen-bond donors (Lipinski definition) is 2. The van der Waals surface area contributed by atoms with Crippen LogP contribution in [0.2, 0.25) is 0 Å². The van der Waals surface area contributed by atoms with Gasteiger partial charge in [0, 0.05) is 53.4 Å². The Morgan fingerprint density at radius 3 is 1.46 bits per heavy atom. The van der Waals surface area contributed by atoms with Gasteiger partial charge in [0.15, 0.2) is 0 Å². The highest BCUT2D eigenvalue weighted by atomic mass is 32.1. The summed E-state index contributed by atoms with van der Waals surface area (Å²) in [6.45, 7) is 4.30. The molecule has 0 saturated carbocycles. The molecule has 0 unspecified atom stereocenters. The average molecular weight is 513 g/mol. The van der Waals surface area contributed by atoms with Crippen molar-refractivity contribution in [3.63, 3.8) is 0 Å². The second kappa shape index (κ2) is 9.48. The SMILES string of the molecule is CN=C(c1ccc2nc(-c3sc(-c4nc5ccc(C(=NC)N(C)C)cc5[nH]4)c(C)c3C)[nH]c2c1)N(C)C. The van der Waals surface area contributed by atoms with Crippen LogP contribution in [0.5, 0.6) is 0 Å². The number of aromatic nitrogens is 4.